The van der Waals surface area contributed by atoms with Gasteiger partial charge in [-0.1, -0.05) is 36.8 Å². The molecule has 2 heterocycles. The molecule has 5 heteroatoms. The van der Waals surface area contributed by atoms with Crippen LogP contribution in [0.25, 0.3) is 0 Å². The summed E-state index contributed by atoms with van der Waals surface area (Å²) >= 11 is 5.40. The fourth-order valence-electron chi connectivity index (χ4n) is 2.93. The molecule has 3 rings (SSSR count). The number of thiocarbonyl (C=S) groups is 1. The van der Waals surface area contributed by atoms with Crippen molar-refractivity contribution in [3.05, 3.63) is 35.9 Å². The number of amides is 1. The Hall–Kier alpha value is -1.46. The molecule has 20 heavy (non-hydrogen) atoms. The molecular weight excluding hydrogens is 270 g/mol. The first kappa shape index (κ1) is 13.5. The summed E-state index contributed by atoms with van der Waals surface area (Å²) in [5.41, 5.74) is 0.197. The molecule has 1 N–H and O–H groups in total. The van der Waals surface area contributed by atoms with Gasteiger partial charge < -0.3 is 5.32 Å². The van der Waals surface area contributed by atoms with Crippen LogP contribution < -0.4 is 5.32 Å². The first-order chi connectivity index (χ1) is 9.63. The third-order valence-electron chi connectivity index (χ3n) is 4.14. The maximum atomic E-state index is 12.9. The Kier molecular flexibility index (Phi) is 3.48. The van der Waals surface area contributed by atoms with Crippen molar-refractivity contribution in [2.45, 2.75) is 31.7 Å². The molecule has 2 aliphatic rings. The molecule has 1 amide bonds. The van der Waals surface area contributed by atoms with Gasteiger partial charge in [-0.3, -0.25) is 4.79 Å². The van der Waals surface area contributed by atoms with Crippen LogP contribution in [0.15, 0.2) is 30.3 Å². The Morgan fingerprint density at radius 1 is 1.15 bits per heavy atom. The molecule has 0 aliphatic carbocycles. The van der Waals surface area contributed by atoms with E-state index in [-0.39, 0.29) is 5.91 Å². The Labute approximate surface area is 124 Å². The number of rotatable bonds is 2. The van der Waals surface area contributed by atoms with E-state index in [9.17, 15) is 4.79 Å². The minimum Gasteiger partial charge on any atom is -0.343 e. The number of hydrogen-bond donors (Lipinski definition) is 1. The molecule has 2 fully saturated rings. The van der Waals surface area contributed by atoms with E-state index in [1.807, 2.05) is 37.3 Å². The molecule has 0 bridgehead atoms. The molecule has 0 aromatic heterocycles. The second-order valence-corrected chi connectivity index (χ2v) is 5.94. The minimum atomic E-state index is -0.754. The van der Waals surface area contributed by atoms with Crippen molar-refractivity contribution >= 4 is 23.2 Å². The molecule has 1 aromatic carbocycles. The van der Waals surface area contributed by atoms with Crippen LogP contribution in [-0.2, 0) is 10.3 Å². The highest BCUT2D eigenvalue weighted by Gasteiger charge is 2.49. The quantitative estimate of drug-likeness (QED) is 0.845. The zero-order valence-corrected chi connectivity index (χ0v) is 12.4. The molecule has 4 nitrogen and oxygen atoms in total. The lowest BCUT2D eigenvalue weighted by Crippen LogP contribution is -2.50. The van der Waals surface area contributed by atoms with Crippen LogP contribution in [0.1, 0.15) is 31.7 Å². The van der Waals surface area contributed by atoms with Crippen LogP contribution in [0.5, 0.6) is 0 Å². The predicted octanol–water partition coefficient (Wildman–Crippen LogP) is 2.02. The zero-order valence-electron chi connectivity index (χ0n) is 11.6. The van der Waals surface area contributed by atoms with Gasteiger partial charge in [0.25, 0.3) is 5.91 Å². The average molecular weight is 289 g/mol. The highest BCUT2D eigenvalue weighted by Crippen LogP contribution is 2.30. The summed E-state index contributed by atoms with van der Waals surface area (Å²) in [6.07, 6.45) is 3.47. The maximum absolute atomic E-state index is 12.9. The van der Waals surface area contributed by atoms with Gasteiger partial charge in [0, 0.05) is 13.1 Å². The second-order valence-electron chi connectivity index (χ2n) is 5.55. The van der Waals surface area contributed by atoms with E-state index in [4.69, 9.17) is 12.2 Å². The number of nitrogens with zero attached hydrogens (tertiary/aromatic N) is 2. The van der Waals surface area contributed by atoms with Gasteiger partial charge in [0.05, 0.1) is 0 Å². The largest absolute Gasteiger partial charge is 0.343 e. The molecule has 1 aromatic rings. The van der Waals surface area contributed by atoms with Gasteiger partial charge in [0.15, 0.2) is 5.11 Å². The lowest BCUT2D eigenvalue weighted by Gasteiger charge is -2.34. The Balaban J connectivity index is 1.90. The van der Waals surface area contributed by atoms with Crippen LogP contribution in [0, 0.1) is 0 Å². The molecular formula is C15H19N3OS. The topological polar surface area (TPSA) is 35.6 Å². The summed E-state index contributed by atoms with van der Waals surface area (Å²) < 4.78 is 0. The molecule has 0 radical (unpaired) electrons. The first-order valence-corrected chi connectivity index (χ1v) is 7.51. The zero-order chi connectivity index (χ0) is 14.2. The highest BCUT2D eigenvalue weighted by atomic mass is 32.1. The van der Waals surface area contributed by atoms with Crippen LogP contribution in [-0.4, -0.2) is 34.1 Å². The fourth-order valence-corrected chi connectivity index (χ4v) is 3.33. The van der Waals surface area contributed by atoms with Crippen molar-refractivity contribution < 1.29 is 4.79 Å². The Morgan fingerprint density at radius 3 is 2.45 bits per heavy atom. The number of hydrogen-bond acceptors (Lipinski definition) is 3. The van der Waals surface area contributed by atoms with Crippen molar-refractivity contribution in [2.75, 3.05) is 13.1 Å². The molecule has 2 aliphatic heterocycles. The van der Waals surface area contributed by atoms with E-state index in [0.717, 1.165) is 31.5 Å². The fraction of sp³-hybridized carbons (Fsp3) is 0.467. The summed E-state index contributed by atoms with van der Waals surface area (Å²) in [5, 5.41) is 7.47. The summed E-state index contributed by atoms with van der Waals surface area (Å²) in [6.45, 7) is 3.71. The molecule has 1 unspecified atom stereocenters. The van der Waals surface area contributed by atoms with E-state index < -0.39 is 5.54 Å². The number of nitrogens with one attached hydrogen (secondary N) is 1. The number of carbonyl (C=O) groups excluding carboxylic acids is 1. The van der Waals surface area contributed by atoms with Gasteiger partial charge in [0.2, 0.25) is 0 Å². The van der Waals surface area contributed by atoms with Crippen LogP contribution >= 0.6 is 12.2 Å². The van der Waals surface area contributed by atoms with Gasteiger partial charge in [-0.15, -0.1) is 0 Å². The van der Waals surface area contributed by atoms with E-state index in [1.165, 1.54) is 6.42 Å². The van der Waals surface area contributed by atoms with Gasteiger partial charge in [-0.2, -0.15) is 0 Å². The Morgan fingerprint density at radius 2 is 1.80 bits per heavy atom. The van der Waals surface area contributed by atoms with Gasteiger partial charge in [-0.05, 0) is 37.5 Å². The normalized spacial score (nSPS) is 27.8. The number of hydrazine groups is 1. The highest BCUT2D eigenvalue weighted by molar-refractivity contribution is 7.80. The maximum Gasteiger partial charge on any atom is 0.273 e. The van der Waals surface area contributed by atoms with E-state index in [0.29, 0.717) is 5.11 Å². The summed E-state index contributed by atoms with van der Waals surface area (Å²) in [6, 6.07) is 9.78. The Bertz CT molecular complexity index is 527. The molecule has 1 atom stereocenters. The number of piperidine rings is 1. The average Bonchev–Trinajstić information content (AvgIpc) is 2.72. The van der Waals surface area contributed by atoms with E-state index in [2.05, 4.69) is 10.3 Å². The van der Waals surface area contributed by atoms with Crippen molar-refractivity contribution in [3.8, 4) is 0 Å². The first-order valence-electron chi connectivity index (χ1n) is 7.10. The van der Waals surface area contributed by atoms with Crippen LogP contribution in [0.3, 0.4) is 0 Å². The molecule has 0 saturated carbocycles. The molecule has 2 saturated heterocycles. The third kappa shape index (κ3) is 2.11. The van der Waals surface area contributed by atoms with Crippen LogP contribution in [0.2, 0.25) is 0 Å². The standard InChI is InChI=1S/C15H19N3OS/c1-15(12-8-4-2-5-9-12)13(19)18(14(20)16-15)17-10-6-3-7-11-17/h2,4-5,8-9H,3,6-7,10-11H2,1H3,(H,16,20). The molecule has 106 valence electrons. The summed E-state index contributed by atoms with van der Waals surface area (Å²) in [5.74, 6) is 0.0237. The number of benzene rings is 1. The monoisotopic (exact) mass is 289 g/mol. The molecule has 0 spiro atoms. The summed E-state index contributed by atoms with van der Waals surface area (Å²) in [7, 11) is 0. The summed E-state index contributed by atoms with van der Waals surface area (Å²) in [4.78, 5) is 12.9. The predicted molar refractivity (Wildman–Crippen MR) is 81.8 cm³/mol. The van der Waals surface area contributed by atoms with Crippen molar-refractivity contribution in [1.82, 2.24) is 15.3 Å². The minimum absolute atomic E-state index is 0.0237. The van der Waals surface area contributed by atoms with Crippen molar-refractivity contribution in [1.29, 1.82) is 0 Å². The van der Waals surface area contributed by atoms with Crippen molar-refractivity contribution in [2.24, 2.45) is 0 Å². The second kappa shape index (κ2) is 5.14. The third-order valence-corrected chi connectivity index (χ3v) is 4.41. The van der Waals surface area contributed by atoms with Gasteiger partial charge >= 0.3 is 0 Å². The van der Waals surface area contributed by atoms with E-state index in [1.54, 1.807) is 5.01 Å². The lowest BCUT2D eigenvalue weighted by atomic mass is 9.92. The van der Waals surface area contributed by atoms with Crippen molar-refractivity contribution in [3.63, 3.8) is 0 Å². The number of carbonyl (C=O) groups is 1. The van der Waals surface area contributed by atoms with Crippen LogP contribution in [0.4, 0.5) is 0 Å². The smallest absolute Gasteiger partial charge is 0.273 e. The SMILES string of the molecule is CC1(c2ccccc2)NC(=S)N(N2CCCCC2)C1=O. The van der Waals surface area contributed by atoms with Gasteiger partial charge in [-0.25, -0.2) is 10.0 Å². The van der Waals surface area contributed by atoms with Gasteiger partial charge in [0.1, 0.15) is 5.54 Å². The lowest BCUT2D eigenvalue weighted by molar-refractivity contribution is -0.142. The van der Waals surface area contributed by atoms with E-state index >= 15 is 0 Å².